The van der Waals surface area contributed by atoms with Crippen LogP contribution in [0.25, 0.3) is 0 Å². The molecule has 0 aliphatic carbocycles. The summed E-state index contributed by atoms with van der Waals surface area (Å²) < 4.78 is 7.80. The molecule has 0 unspecified atom stereocenters. The fourth-order valence-electron chi connectivity index (χ4n) is 2.78. The molecule has 0 fully saturated rings. The van der Waals surface area contributed by atoms with Gasteiger partial charge in [0.15, 0.2) is 12.3 Å². The first-order valence-corrected chi connectivity index (χ1v) is 6.25. The number of hydrogen-bond acceptors (Lipinski definition) is 2. The summed E-state index contributed by atoms with van der Waals surface area (Å²) >= 11 is 0. The normalized spacial score (nSPS) is 19.9. The van der Waals surface area contributed by atoms with Crippen LogP contribution in [-0.4, -0.2) is 49.0 Å². The molecule has 3 heteroatoms. The lowest BCUT2D eigenvalue weighted by Gasteiger charge is -2.10. The van der Waals surface area contributed by atoms with Crippen LogP contribution in [0.2, 0.25) is 0 Å². The summed E-state index contributed by atoms with van der Waals surface area (Å²) in [5.41, 5.74) is 4.37. The largest absolute Gasteiger partial charge is 0.497 e. The van der Waals surface area contributed by atoms with Gasteiger partial charge >= 0.3 is 0 Å². The predicted molar refractivity (Wildman–Crippen MR) is 68.6 cm³/mol. The Kier molecular flexibility index (Phi) is 2.63. The zero-order chi connectivity index (χ0) is 11.8. The smallest absolute Gasteiger partial charge is 0.209 e. The third-order valence-corrected chi connectivity index (χ3v) is 3.84. The van der Waals surface area contributed by atoms with E-state index in [9.17, 15) is 0 Å². The van der Waals surface area contributed by atoms with E-state index in [1.807, 2.05) is 0 Å². The summed E-state index contributed by atoms with van der Waals surface area (Å²) in [5, 5.41) is 0. The van der Waals surface area contributed by atoms with Gasteiger partial charge in [-0.05, 0) is 19.2 Å². The van der Waals surface area contributed by atoms with E-state index in [1.165, 1.54) is 24.2 Å². The first-order chi connectivity index (χ1) is 8.28. The standard InChI is InChI=1S/C14H19N2O/c1-15-6-5-12-9-11-10-13(17-2)3-4-14(11)16(12)8-7-15/h3-4,10H,5-9H2,1-2H3/q+1. The minimum atomic E-state index is 0.971. The minimum Gasteiger partial charge on any atom is -0.497 e. The Morgan fingerprint density at radius 2 is 2.18 bits per heavy atom. The van der Waals surface area contributed by atoms with E-state index in [1.54, 1.807) is 12.8 Å². The third-order valence-electron chi connectivity index (χ3n) is 3.84. The van der Waals surface area contributed by atoms with Crippen LogP contribution in [0.4, 0.5) is 5.69 Å². The zero-order valence-electron chi connectivity index (χ0n) is 10.6. The molecule has 2 aliphatic heterocycles. The number of hydrogen-bond donors (Lipinski definition) is 0. The first kappa shape index (κ1) is 10.8. The van der Waals surface area contributed by atoms with Crippen LogP contribution in [0.5, 0.6) is 5.75 Å². The molecule has 2 heterocycles. The monoisotopic (exact) mass is 231 g/mol. The van der Waals surface area contributed by atoms with Crippen LogP contribution in [0.15, 0.2) is 18.2 Å². The van der Waals surface area contributed by atoms with E-state index in [4.69, 9.17) is 4.74 Å². The molecule has 0 radical (unpaired) electrons. The van der Waals surface area contributed by atoms with Gasteiger partial charge in [0.05, 0.1) is 20.1 Å². The number of methoxy groups -OCH3 is 1. The molecule has 0 aromatic heterocycles. The average Bonchev–Trinajstić information content (AvgIpc) is 2.60. The van der Waals surface area contributed by atoms with E-state index in [0.29, 0.717) is 0 Å². The van der Waals surface area contributed by atoms with Crippen molar-refractivity contribution in [3.63, 3.8) is 0 Å². The molecule has 0 saturated carbocycles. The van der Waals surface area contributed by atoms with Crippen molar-refractivity contribution in [2.45, 2.75) is 12.8 Å². The Bertz CT molecular complexity index is 479. The van der Waals surface area contributed by atoms with Gasteiger partial charge in [-0.25, -0.2) is 0 Å². The molecule has 17 heavy (non-hydrogen) atoms. The summed E-state index contributed by atoms with van der Waals surface area (Å²) in [6, 6.07) is 6.45. The highest BCUT2D eigenvalue weighted by molar-refractivity contribution is 5.87. The van der Waals surface area contributed by atoms with Crippen LogP contribution in [0.1, 0.15) is 12.0 Å². The van der Waals surface area contributed by atoms with E-state index in [2.05, 4.69) is 34.7 Å². The van der Waals surface area contributed by atoms with Gasteiger partial charge in [-0.15, -0.1) is 0 Å². The maximum atomic E-state index is 5.30. The lowest BCUT2D eigenvalue weighted by molar-refractivity contribution is -0.437. The Hall–Kier alpha value is -1.35. The van der Waals surface area contributed by atoms with Crippen molar-refractivity contribution in [3.8, 4) is 5.75 Å². The number of benzene rings is 1. The molecule has 0 amide bonds. The van der Waals surface area contributed by atoms with E-state index >= 15 is 0 Å². The number of ether oxygens (including phenoxy) is 1. The summed E-state index contributed by atoms with van der Waals surface area (Å²) in [5.74, 6) is 0.971. The maximum absolute atomic E-state index is 5.30. The van der Waals surface area contributed by atoms with Crippen molar-refractivity contribution < 1.29 is 9.31 Å². The summed E-state index contributed by atoms with van der Waals surface area (Å²) in [6.45, 7) is 3.44. The van der Waals surface area contributed by atoms with Gasteiger partial charge in [-0.1, -0.05) is 0 Å². The van der Waals surface area contributed by atoms with Gasteiger partial charge < -0.3 is 4.74 Å². The van der Waals surface area contributed by atoms with E-state index in [-0.39, 0.29) is 0 Å². The lowest BCUT2D eigenvalue weighted by atomic mass is 10.1. The Morgan fingerprint density at radius 3 is 3.00 bits per heavy atom. The fraction of sp³-hybridized carbons (Fsp3) is 0.500. The van der Waals surface area contributed by atoms with E-state index < -0.39 is 0 Å². The highest BCUT2D eigenvalue weighted by atomic mass is 16.5. The maximum Gasteiger partial charge on any atom is 0.209 e. The molecular weight excluding hydrogens is 212 g/mol. The zero-order valence-corrected chi connectivity index (χ0v) is 10.6. The molecule has 1 aromatic rings. The molecule has 0 atom stereocenters. The Balaban J connectivity index is 1.94. The van der Waals surface area contributed by atoms with Gasteiger partial charge in [0, 0.05) is 24.6 Å². The van der Waals surface area contributed by atoms with Crippen molar-refractivity contribution in [2.24, 2.45) is 0 Å². The third kappa shape index (κ3) is 1.84. The molecule has 1 aromatic carbocycles. The molecule has 0 N–H and O–H groups in total. The van der Waals surface area contributed by atoms with Crippen molar-refractivity contribution in [1.29, 1.82) is 0 Å². The van der Waals surface area contributed by atoms with Gasteiger partial charge in [0.25, 0.3) is 0 Å². The highest BCUT2D eigenvalue weighted by Gasteiger charge is 2.31. The number of likely N-dealkylation sites (N-methyl/N-ethyl adjacent to an activating group) is 1. The summed E-state index contributed by atoms with van der Waals surface area (Å²) in [6.07, 6.45) is 2.29. The SMILES string of the molecule is COc1ccc2c(c1)CC1=[N+]2CCN(C)CC1. The van der Waals surface area contributed by atoms with Crippen LogP contribution < -0.4 is 4.74 Å². The fourth-order valence-corrected chi connectivity index (χ4v) is 2.78. The molecule has 0 bridgehead atoms. The van der Waals surface area contributed by atoms with Crippen LogP contribution >= 0.6 is 0 Å². The number of nitrogens with zero attached hydrogens (tertiary/aromatic N) is 2. The quantitative estimate of drug-likeness (QED) is 0.683. The van der Waals surface area contributed by atoms with Crippen molar-refractivity contribution in [2.75, 3.05) is 33.8 Å². The van der Waals surface area contributed by atoms with Crippen LogP contribution in [-0.2, 0) is 6.42 Å². The number of fused-ring (bicyclic) bond motifs is 2. The van der Waals surface area contributed by atoms with Crippen LogP contribution in [0, 0.1) is 0 Å². The summed E-state index contributed by atoms with van der Waals surface area (Å²) in [7, 11) is 3.94. The molecule has 3 rings (SSSR count). The minimum absolute atomic E-state index is 0.971. The summed E-state index contributed by atoms with van der Waals surface area (Å²) in [4.78, 5) is 2.41. The lowest BCUT2D eigenvalue weighted by Crippen LogP contribution is -2.23. The second-order valence-electron chi connectivity index (χ2n) is 4.94. The number of rotatable bonds is 1. The van der Waals surface area contributed by atoms with Crippen molar-refractivity contribution in [3.05, 3.63) is 23.8 Å². The van der Waals surface area contributed by atoms with Gasteiger partial charge in [0.2, 0.25) is 5.69 Å². The Labute approximate surface area is 102 Å². The van der Waals surface area contributed by atoms with Crippen LogP contribution in [0.3, 0.4) is 0 Å². The van der Waals surface area contributed by atoms with E-state index in [0.717, 1.165) is 25.3 Å². The van der Waals surface area contributed by atoms with Gasteiger partial charge in [-0.2, -0.15) is 4.58 Å². The highest BCUT2D eigenvalue weighted by Crippen LogP contribution is 2.31. The van der Waals surface area contributed by atoms with Gasteiger partial charge in [-0.3, -0.25) is 4.90 Å². The molecule has 3 nitrogen and oxygen atoms in total. The second kappa shape index (κ2) is 4.15. The molecule has 0 saturated heterocycles. The van der Waals surface area contributed by atoms with Crippen molar-refractivity contribution in [1.82, 2.24) is 4.90 Å². The topological polar surface area (TPSA) is 15.5 Å². The van der Waals surface area contributed by atoms with Gasteiger partial charge in [0.1, 0.15) is 5.75 Å². The Morgan fingerprint density at radius 1 is 1.29 bits per heavy atom. The first-order valence-electron chi connectivity index (χ1n) is 6.25. The molecule has 0 spiro atoms. The molecular formula is C14H19N2O+. The molecule has 2 aliphatic rings. The van der Waals surface area contributed by atoms with Crippen molar-refractivity contribution >= 4 is 11.4 Å². The predicted octanol–water partition coefficient (Wildman–Crippen LogP) is 1.67. The average molecular weight is 231 g/mol. The molecule has 90 valence electrons. The second-order valence-corrected chi connectivity index (χ2v) is 4.94.